The second-order valence-corrected chi connectivity index (χ2v) is 7.13. The highest BCUT2D eigenvalue weighted by molar-refractivity contribution is 5.96. The van der Waals surface area contributed by atoms with Crippen LogP contribution >= 0.6 is 0 Å². The molecule has 0 aromatic heterocycles. The van der Waals surface area contributed by atoms with E-state index in [2.05, 4.69) is 6.92 Å². The predicted octanol–water partition coefficient (Wildman–Crippen LogP) is 4.50. The molecule has 1 fully saturated rings. The molecule has 2 aromatic rings. The molecule has 0 radical (unpaired) electrons. The molecule has 28 heavy (non-hydrogen) atoms. The van der Waals surface area contributed by atoms with Gasteiger partial charge in [0.15, 0.2) is 12.4 Å². The second-order valence-electron chi connectivity index (χ2n) is 7.13. The zero-order valence-electron chi connectivity index (χ0n) is 16.7. The van der Waals surface area contributed by atoms with E-state index >= 15 is 0 Å². The summed E-state index contributed by atoms with van der Waals surface area (Å²) in [5, 5.41) is 0. The van der Waals surface area contributed by atoms with Crippen LogP contribution in [0.25, 0.3) is 0 Å². The lowest BCUT2D eigenvalue weighted by Crippen LogP contribution is -2.42. The smallest absolute Gasteiger partial charge is 0.265 e. The van der Waals surface area contributed by atoms with Crippen molar-refractivity contribution in [3.63, 3.8) is 0 Å². The summed E-state index contributed by atoms with van der Waals surface area (Å²) in [5.74, 6) is 1.87. The molecule has 1 amide bonds. The Hall–Kier alpha value is -2.82. The van der Waals surface area contributed by atoms with E-state index in [1.165, 1.54) is 0 Å². The number of amides is 1. The van der Waals surface area contributed by atoms with Gasteiger partial charge in [-0.25, -0.2) is 0 Å². The summed E-state index contributed by atoms with van der Waals surface area (Å²) in [4.78, 5) is 26.5. The van der Waals surface area contributed by atoms with Gasteiger partial charge in [-0.1, -0.05) is 6.92 Å². The molecule has 0 saturated heterocycles. The van der Waals surface area contributed by atoms with Gasteiger partial charge in [0.2, 0.25) is 0 Å². The zero-order chi connectivity index (χ0) is 20.1. The van der Waals surface area contributed by atoms with Crippen LogP contribution in [0.5, 0.6) is 11.5 Å². The van der Waals surface area contributed by atoms with Gasteiger partial charge < -0.3 is 14.4 Å². The van der Waals surface area contributed by atoms with Gasteiger partial charge in [-0.3, -0.25) is 9.59 Å². The Morgan fingerprint density at radius 2 is 1.64 bits per heavy atom. The van der Waals surface area contributed by atoms with Gasteiger partial charge in [0.25, 0.3) is 5.91 Å². The van der Waals surface area contributed by atoms with E-state index in [9.17, 15) is 9.59 Å². The molecule has 1 aliphatic carbocycles. The van der Waals surface area contributed by atoms with Gasteiger partial charge in [0.05, 0.1) is 7.11 Å². The first-order valence-corrected chi connectivity index (χ1v) is 9.75. The van der Waals surface area contributed by atoms with E-state index in [4.69, 9.17) is 9.47 Å². The SMILES string of the molecule is CCC(=O)c1ccc(OCC(=O)N(c2ccc(OC)cc2)C(C)C2CC2)cc1. The van der Waals surface area contributed by atoms with Crippen molar-refractivity contribution < 1.29 is 19.1 Å². The zero-order valence-corrected chi connectivity index (χ0v) is 16.7. The fourth-order valence-corrected chi connectivity index (χ4v) is 3.29. The normalized spacial score (nSPS) is 14.2. The molecule has 1 unspecified atom stereocenters. The standard InChI is InChI=1S/C23H27NO4/c1-4-22(25)18-7-11-21(12-8-18)28-15-23(26)24(16(2)17-5-6-17)19-9-13-20(27-3)14-10-19/h7-14,16-17H,4-6,15H2,1-3H3. The summed E-state index contributed by atoms with van der Waals surface area (Å²) >= 11 is 0. The lowest BCUT2D eigenvalue weighted by molar-refractivity contribution is -0.121. The molecule has 148 valence electrons. The number of benzene rings is 2. The number of ketones is 1. The minimum atomic E-state index is -0.0849. The number of hydrogen-bond donors (Lipinski definition) is 0. The van der Waals surface area contributed by atoms with Crippen molar-refractivity contribution in [2.24, 2.45) is 5.92 Å². The Balaban J connectivity index is 1.69. The number of nitrogens with zero attached hydrogens (tertiary/aromatic N) is 1. The average molecular weight is 381 g/mol. The summed E-state index contributed by atoms with van der Waals surface area (Å²) in [7, 11) is 1.62. The number of hydrogen-bond acceptors (Lipinski definition) is 4. The Morgan fingerprint density at radius 1 is 1.04 bits per heavy atom. The minimum Gasteiger partial charge on any atom is -0.497 e. The van der Waals surface area contributed by atoms with Gasteiger partial charge in [-0.05, 0) is 74.2 Å². The van der Waals surface area contributed by atoms with E-state index in [0.717, 1.165) is 24.3 Å². The number of methoxy groups -OCH3 is 1. The molecular weight excluding hydrogens is 354 g/mol. The van der Waals surface area contributed by atoms with Crippen molar-refractivity contribution in [1.29, 1.82) is 0 Å². The monoisotopic (exact) mass is 381 g/mol. The van der Waals surface area contributed by atoms with Crippen molar-refractivity contribution >= 4 is 17.4 Å². The highest BCUT2D eigenvalue weighted by Crippen LogP contribution is 2.37. The topological polar surface area (TPSA) is 55.8 Å². The number of carbonyl (C=O) groups excluding carboxylic acids is 2. The Bertz CT molecular complexity index is 810. The fraction of sp³-hybridized carbons (Fsp3) is 0.391. The molecule has 5 heteroatoms. The number of rotatable bonds is 9. The number of carbonyl (C=O) groups is 2. The lowest BCUT2D eigenvalue weighted by atomic mass is 10.1. The molecular formula is C23H27NO4. The van der Waals surface area contributed by atoms with Gasteiger partial charge in [0, 0.05) is 23.7 Å². The van der Waals surface area contributed by atoms with Crippen molar-refractivity contribution in [2.45, 2.75) is 39.2 Å². The van der Waals surface area contributed by atoms with Crippen LogP contribution in [0.15, 0.2) is 48.5 Å². The van der Waals surface area contributed by atoms with Crippen molar-refractivity contribution in [1.82, 2.24) is 0 Å². The molecule has 5 nitrogen and oxygen atoms in total. The molecule has 0 bridgehead atoms. The first kappa shape index (κ1) is 19.9. The van der Waals surface area contributed by atoms with Crippen LogP contribution in [0.1, 0.15) is 43.5 Å². The van der Waals surface area contributed by atoms with Gasteiger partial charge >= 0.3 is 0 Å². The van der Waals surface area contributed by atoms with E-state index < -0.39 is 0 Å². The summed E-state index contributed by atoms with van der Waals surface area (Å²) in [5.41, 5.74) is 1.50. The third kappa shape index (κ3) is 4.71. The molecule has 1 atom stereocenters. The molecule has 0 spiro atoms. The second kappa shape index (κ2) is 8.91. The lowest BCUT2D eigenvalue weighted by Gasteiger charge is -2.29. The molecule has 0 N–H and O–H groups in total. The van der Waals surface area contributed by atoms with Gasteiger partial charge in [-0.2, -0.15) is 0 Å². The number of ether oxygens (including phenoxy) is 2. The van der Waals surface area contributed by atoms with Crippen LogP contribution in [0, 0.1) is 5.92 Å². The summed E-state index contributed by atoms with van der Waals surface area (Å²) < 4.78 is 10.9. The van der Waals surface area contributed by atoms with Crippen molar-refractivity contribution in [3.8, 4) is 11.5 Å². The van der Waals surface area contributed by atoms with Crippen LogP contribution < -0.4 is 14.4 Å². The van der Waals surface area contributed by atoms with Gasteiger partial charge in [-0.15, -0.1) is 0 Å². The molecule has 1 aliphatic rings. The maximum atomic E-state index is 13.0. The number of anilines is 1. The van der Waals surface area contributed by atoms with Crippen molar-refractivity contribution in [2.75, 3.05) is 18.6 Å². The Kier molecular flexibility index (Phi) is 6.34. The number of Topliss-reactive ketones (excluding diaryl/α,β-unsaturated/α-hetero) is 1. The third-order valence-corrected chi connectivity index (χ3v) is 5.19. The highest BCUT2D eigenvalue weighted by Gasteiger charge is 2.35. The first-order valence-electron chi connectivity index (χ1n) is 9.75. The third-order valence-electron chi connectivity index (χ3n) is 5.19. The van der Waals surface area contributed by atoms with Crippen molar-refractivity contribution in [3.05, 3.63) is 54.1 Å². The fourth-order valence-electron chi connectivity index (χ4n) is 3.29. The average Bonchev–Trinajstić information content (AvgIpc) is 3.58. The van der Waals surface area contributed by atoms with Crippen LogP contribution in [-0.2, 0) is 4.79 Å². The minimum absolute atomic E-state index is 0.0514. The van der Waals surface area contributed by atoms with E-state index in [0.29, 0.717) is 23.7 Å². The first-order chi connectivity index (χ1) is 13.5. The Labute approximate surface area is 166 Å². The molecule has 3 rings (SSSR count). The molecule has 0 aliphatic heterocycles. The summed E-state index contributed by atoms with van der Waals surface area (Å²) in [6, 6.07) is 14.6. The van der Waals surface area contributed by atoms with Crippen LogP contribution in [0.4, 0.5) is 5.69 Å². The quantitative estimate of drug-likeness (QED) is 0.600. The van der Waals surface area contributed by atoms with Crippen LogP contribution in [0.2, 0.25) is 0 Å². The van der Waals surface area contributed by atoms with E-state index in [1.807, 2.05) is 36.1 Å². The molecule has 1 saturated carbocycles. The molecule has 2 aromatic carbocycles. The largest absolute Gasteiger partial charge is 0.497 e. The van der Waals surface area contributed by atoms with E-state index in [1.54, 1.807) is 31.4 Å². The maximum absolute atomic E-state index is 13.0. The highest BCUT2D eigenvalue weighted by atomic mass is 16.5. The van der Waals surface area contributed by atoms with E-state index in [-0.39, 0.29) is 24.3 Å². The van der Waals surface area contributed by atoms with Gasteiger partial charge in [0.1, 0.15) is 11.5 Å². The summed E-state index contributed by atoms with van der Waals surface area (Å²) in [6.45, 7) is 3.87. The summed E-state index contributed by atoms with van der Waals surface area (Å²) in [6.07, 6.45) is 2.76. The molecule has 0 heterocycles. The van der Waals surface area contributed by atoms with Crippen LogP contribution in [-0.4, -0.2) is 31.4 Å². The van der Waals surface area contributed by atoms with Crippen LogP contribution in [0.3, 0.4) is 0 Å². The predicted molar refractivity (Wildman–Crippen MR) is 109 cm³/mol. The maximum Gasteiger partial charge on any atom is 0.265 e. The Morgan fingerprint density at radius 3 is 2.18 bits per heavy atom.